The first-order valence-corrected chi connectivity index (χ1v) is 25.6. The molecule has 15 heteroatoms. The van der Waals surface area contributed by atoms with Crippen molar-refractivity contribution in [1.29, 1.82) is 0 Å². The van der Waals surface area contributed by atoms with Gasteiger partial charge in [-0.05, 0) is 57.8 Å². The van der Waals surface area contributed by atoms with E-state index in [0.717, 1.165) is 44.9 Å². The first kappa shape index (κ1) is 58.3. The molecule has 7 atom stereocenters. The second-order valence-electron chi connectivity index (χ2n) is 17.0. The number of allylic oxidation sites excluding steroid dienone is 5. The number of rotatable bonds is 41. The van der Waals surface area contributed by atoms with E-state index in [-0.39, 0.29) is 31.0 Å². The summed E-state index contributed by atoms with van der Waals surface area (Å²) in [4.78, 5) is 58.8. The highest BCUT2D eigenvalue weighted by atomic mass is 31.2. The van der Waals surface area contributed by atoms with Crippen molar-refractivity contribution in [1.82, 2.24) is 0 Å². The summed E-state index contributed by atoms with van der Waals surface area (Å²) in [5.74, 6) is -3.46. The highest BCUT2D eigenvalue weighted by molar-refractivity contribution is 7.47. The number of unbranched alkanes of at least 4 members (excludes halogenated alkanes) is 18. The van der Waals surface area contributed by atoms with Gasteiger partial charge < -0.3 is 35.4 Å². The van der Waals surface area contributed by atoms with Gasteiger partial charge in [-0.2, -0.15) is 0 Å². The molecule has 0 bridgehead atoms. The van der Waals surface area contributed by atoms with Crippen molar-refractivity contribution in [2.45, 2.75) is 212 Å². The number of hydrogen-bond acceptors (Lipinski definition) is 12. The Morgan fingerprint density at radius 2 is 1.25 bits per heavy atom. The Labute approximate surface area is 378 Å². The van der Waals surface area contributed by atoms with Crippen LogP contribution in [0.3, 0.4) is 0 Å². The molecule has 1 rings (SSSR count). The van der Waals surface area contributed by atoms with Gasteiger partial charge >= 0.3 is 25.7 Å². The van der Waals surface area contributed by atoms with Crippen LogP contribution in [0, 0.1) is 11.8 Å². The number of Topliss-reactive ketones (excluding diaryl/α,β-unsaturated/α-hetero) is 1. The normalized spacial score (nSPS) is 19.2. The molecular weight excluding hydrogens is 829 g/mol. The van der Waals surface area contributed by atoms with E-state index in [4.69, 9.17) is 24.8 Å². The summed E-state index contributed by atoms with van der Waals surface area (Å²) in [7, 11) is -4.79. The van der Waals surface area contributed by atoms with Gasteiger partial charge in [-0.3, -0.25) is 28.2 Å². The van der Waals surface area contributed by atoms with Crippen molar-refractivity contribution in [3.05, 3.63) is 36.5 Å². The maximum Gasteiger partial charge on any atom is 0.472 e. The monoisotopic (exact) mass is 914 g/mol. The number of esters is 2. The van der Waals surface area contributed by atoms with E-state index in [0.29, 0.717) is 32.1 Å². The molecule has 0 radical (unpaired) electrons. The fraction of sp³-hybridized carbons (Fsp3) is 0.792. The maximum atomic E-state index is 12.8. The average Bonchev–Trinajstić information content (AvgIpc) is 3.52. The summed E-state index contributed by atoms with van der Waals surface area (Å²) in [6, 6.07) is -1.57. The SMILES string of the molecule is CCCCCCCC/C=C\CCCCCCCCCCCC(=O)OC[C@H](COP(=O)(O)OC[C@H](N)C(=O)O)OC(=O)CCC/C=C\C[C@H]1[C@@H](O)CC(=O)[C@@H]1/C=C/[C@@H](O)CCCCC. The van der Waals surface area contributed by atoms with E-state index in [1.807, 2.05) is 12.2 Å². The number of aliphatic carboxylic acids is 1. The van der Waals surface area contributed by atoms with Crippen LogP contribution in [0.25, 0.3) is 0 Å². The van der Waals surface area contributed by atoms with Gasteiger partial charge in [-0.25, -0.2) is 4.57 Å². The van der Waals surface area contributed by atoms with Gasteiger partial charge in [0.1, 0.15) is 18.4 Å². The van der Waals surface area contributed by atoms with Crippen molar-refractivity contribution < 1.29 is 62.5 Å². The Kier molecular flexibility index (Phi) is 34.7. The number of ether oxygens (including phenoxy) is 2. The summed E-state index contributed by atoms with van der Waals surface area (Å²) in [5.41, 5.74) is 5.34. The molecule has 0 spiro atoms. The Balaban J connectivity index is 2.44. The lowest BCUT2D eigenvalue weighted by Gasteiger charge is -2.20. The zero-order valence-corrected chi connectivity index (χ0v) is 39.5. The first-order valence-electron chi connectivity index (χ1n) is 24.1. The third-order valence-electron chi connectivity index (χ3n) is 11.2. The second-order valence-corrected chi connectivity index (χ2v) is 18.5. The second kappa shape index (κ2) is 37.5. The van der Waals surface area contributed by atoms with Gasteiger partial charge in [0, 0.05) is 31.1 Å². The Morgan fingerprint density at radius 1 is 0.730 bits per heavy atom. The zero-order chi connectivity index (χ0) is 46.6. The quantitative estimate of drug-likeness (QED) is 0.0166. The number of phosphoric ester groups is 1. The molecule has 6 N–H and O–H groups in total. The van der Waals surface area contributed by atoms with Gasteiger partial charge in [0.05, 0.1) is 25.4 Å². The van der Waals surface area contributed by atoms with Gasteiger partial charge in [-0.15, -0.1) is 0 Å². The van der Waals surface area contributed by atoms with E-state index in [9.17, 15) is 38.8 Å². The van der Waals surface area contributed by atoms with Crippen molar-refractivity contribution in [3.8, 4) is 0 Å². The largest absolute Gasteiger partial charge is 0.480 e. The molecule has 1 aliphatic carbocycles. The molecule has 1 unspecified atom stereocenters. The molecule has 364 valence electrons. The molecule has 0 heterocycles. The molecule has 1 aliphatic rings. The highest BCUT2D eigenvalue weighted by Crippen LogP contribution is 2.43. The lowest BCUT2D eigenvalue weighted by molar-refractivity contribution is -0.161. The zero-order valence-electron chi connectivity index (χ0n) is 38.6. The summed E-state index contributed by atoms with van der Waals surface area (Å²) in [6.07, 6.45) is 34.3. The Bertz CT molecular complexity index is 1370. The predicted octanol–water partition coefficient (Wildman–Crippen LogP) is 9.76. The first-order chi connectivity index (χ1) is 30.3. The number of nitrogens with two attached hydrogens (primary N) is 1. The van der Waals surface area contributed by atoms with Crippen molar-refractivity contribution in [3.63, 3.8) is 0 Å². The fourth-order valence-corrected chi connectivity index (χ4v) is 8.11. The fourth-order valence-electron chi connectivity index (χ4n) is 7.34. The molecule has 1 saturated carbocycles. The van der Waals surface area contributed by atoms with E-state index >= 15 is 0 Å². The smallest absolute Gasteiger partial charge is 0.472 e. The van der Waals surface area contributed by atoms with E-state index in [2.05, 4.69) is 30.5 Å². The molecule has 0 aromatic heterocycles. The predicted molar refractivity (Wildman–Crippen MR) is 246 cm³/mol. The van der Waals surface area contributed by atoms with E-state index in [1.165, 1.54) is 77.0 Å². The molecule has 0 saturated heterocycles. The molecule has 0 amide bonds. The highest BCUT2D eigenvalue weighted by Gasteiger charge is 2.39. The Hall–Kier alpha value is -2.71. The maximum absolute atomic E-state index is 12.8. The lowest BCUT2D eigenvalue weighted by atomic mass is 9.90. The van der Waals surface area contributed by atoms with Gasteiger partial charge in [0.25, 0.3) is 0 Å². The summed E-state index contributed by atoms with van der Waals surface area (Å²) in [6.45, 7) is 2.43. The summed E-state index contributed by atoms with van der Waals surface area (Å²) in [5, 5.41) is 29.7. The van der Waals surface area contributed by atoms with E-state index < -0.39 is 75.8 Å². The standard InChI is InChI=1S/C48H84NO13P/c1-3-5-7-8-9-10-11-12-13-14-15-16-17-18-19-20-21-22-27-31-46(53)59-36-40(37-60-63(57,58)61-38-43(49)48(55)56)62-47(54)32-28-24-23-26-30-41-42(45(52)35-44(41)51)34-33-39(50)29-25-6-4-2/h12-13,23,26,33-34,39-44,50-51H,3-11,14-22,24-25,27-32,35-38,49H2,1-2H3,(H,55,56)(H,57,58)/b13-12-,26-23-,34-33+/t39-,40+,41+,42+,43-,44-/m0/s1. The molecule has 1 fully saturated rings. The van der Waals surface area contributed by atoms with Crippen LogP contribution in [0.15, 0.2) is 36.5 Å². The number of carbonyl (C=O) groups excluding carboxylic acids is 3. The summed E-state index contributed by atoms with van der Waals surface area (Å²) < 4.78 is 32.7. The van der Waals surface area contributed by atoms with Gasteiger partial charge in [0.15, 0.2) is 6.10 Å². The van der Waals surface area contributed by atoms with Crippen LogP contribution in [0.1, 0.15) is 187 Å². The molecule has 63 heavy (non-hydrogen) atoms. The third-order valence-corrected chi connectivity index (χ3v) is 12.2. The van der Waals surface area contributed by atoms with Crippen LogP contribution in [0.5, 0.6) is 0 Å². The van der Waals surface area contributed by atoms with Crippen LogP contribution in [-0.4, -0.2) is 88.1 Å². The number of aliphatic hydroxyl groups is 2. The lowest BCUT2D eigenvalue weighted by Crippen LogP contribution is -2.34. The third kappa shape index (κ3) is 31.7. The van der Waals surface area contributed by atoms with Crippen LogP contribution in [-0.2, 0) is 42.3 Å². The van der Waals surface area contributed by atoms with Crippen molar-refractivity contribution in [2.75, 3.05) is 19.8 Å². The molecule has 0 aromatic rings. The number of ketones is 1. The number of aliphatic hydroxyl groups excluding tert-OH is 2. The van der Waals surface area contributed by atoms with Crippen LogP contribution < -0.4 is 5.73 Å². The van der Waals surface area contributed by atoms with Gasteiger partial charge in [-0.1, -0.05) is 147 Å². The van der Waals surface area contributed by atoms with Crippen LogP contribution >= 0.6 is 7.82 Å². The van der Waals surface area contributed by atoms with Gasteiger partial charge in [0.2, 0.25) is 0 Å². The van der Waals surface area contributed by atoms with E-state index in [1.54, 1.807) is 12.2 Å². The minimum atomic E-state index is -4.79. The number of carboxylic acid groups (broad SMARTS) is 1. The molecule has 0 aromatic carbocycles. The number of carboxylic acids is 1. The number of hydrogen-bond donors (Lipinski definition) is 5. The van der Waals surface area contributed by atoms with Crippen molar-refractivity contribution >= 4 is 31.5 Å². The van der Waals surface area contributed by atoms with Crippen LogP contribution in [0.2, 0.25) is 0 Å². The number of carbonyl (C=O) groups is 4. The molecular formula is C48H84NO13P. The topological polar surface area (TPSA) is 229 Å². The molecule has 14 nitrogen and oxygen atoms in total. The minimum absolute atomic E-state index is 0.0297. The Morgan fingerprint density at radius 3 is 1.87 bits per heavy atom. The molecule has 0 aliphatic heterocycles. The number of phosphoric acid groups is 1. The average molecular weight is 914 g/mol. The van der Waals surface area contributed by atoms with Crippen LogP contribution in [0.4, 0.5) is 0 Å². The summed E-state index contributed by atoms with van der Waals surface area (Å²) >= 11 is 0. The van der Waals surface area contributed by atoms with Crippen molar-refractivity contribution in [2.24, 2.45) is 17.6 Å². The minimum Gasteiger partial charge on any atom is -0.480 e.